The third-order valence-electron chi connectivity index (χ3n) is 4.17. The highest BCUT2D eigenvalue weighted by Crippen LogP contribution is 2.27. The average Bonchev–Trinajstić information content (AvgIpc) is 3.03. The van der Waals surface area contributed by atoms with Crippen LogP contribution in [0.1, 0.15) is 34.9 Å². The molecule has 1 fully saturated rings. The molecule has 1 aliphatic heterocycles. The zero-order valence-corrected chi connectivity index (χ0v) is 11.9. The summed E-state index contributed by atoms with van der Waals surface area (Å²) in [4.78, 5) is 8.08. The highest BCUT2D eigenvalue weighted by atomic mass is 15.0. The van der Waals surface area contributed by atoms with Gasteiger partial charge in [-0.2, -0.15) is 0 Å². The van der Waals surface area contributed by atoms with Gasteiger partial charge in [0.25, 0.3) is 0 Å². The van der Waals surface area contributed by atoms with Crippen molar-refractivity contribution in [3.8, 4) is 11.3 Å². The summed E-state index contributed by atoms with van der Waals surface area (Å²) < 4.78 is 0. The van der Waals surface area contributed by atoms with Crippen LogP contribution in [0.5, 0.6) is 0 Å². The van der Waals surface area contributed by atoms with Crippen LogP contribution in [0.4, 0.5) is 0 Å². The van der Waals surface area contributed by atoms with E-state index in [-0.39, 0.29) is 0 Å². The molecule has 3 nitrogen and oxygen atoms in total. The number of nitrogens with one attached hydrogen (secondary N) is 2. The normalized spacial score (nSPS) is 19.0. The molecular weight excluding hydrogens is 234 g/mol. The van der Waals surface area contributed by atoms with Crippen LogP contribution in [0.15, 0.2) is 18.3 Å². The number of H-pyrrole nitrogens is 1. The van der Waals surface area contributed by atoms with E-state index in [0.717, 1.165) is 24.6 Å². The molecule has 0 bridgehead atoms. The lowest BCUT2D eigenvalue weighted by molar-refractivity contribution is 0.715. The van der Waals surface area contributed by atoms with E-state index >= 15 is 0 Å². The topological polar surface area (TPSA) is 40.7 Å². The number of aromatic amines is 1. The van der Waals surface area contributed by atoms with Crippen molar-refractivity contribution < 1.29 is 0 Å². The summed E-state index contributed by atoms with van der Waals surface area (Å²) in [6, 6.07) is 4.51. The summed E-state index contributed by atoms with van der Waals surface area (Å²) in [7, 11) is 0. The molecule has 1 aromatic heterocycles. The fourth-order valence-corrected chi connectivity index (χ4v) is 2.82. The van der Waals surface area contributed by atoms with E-state index in [1.165, 1.54) is 28.7 Å². The lowest BCUT2D eigenvalue weighted by atomic mass is 9.99. The Morgan fingerprint density at radius 2 is 1.89 bits per heavy atom. The number of aromatic nitrogens is 2. The van der Waals surface area contributed by atoms with Crippen molar-refractivity contribution >= 4 is 0 Å². The molecule has 19 heavy (non-hydrogen) atoms. The third kappa shape index (κ3) is 2.30. The van der Waals surface area contributed by atoms with Crippen molar-refractivity contribution in [1.82, 2.24) is 15.3 Å². The van der Waals surface area contributed by atoms with E-state index < -0.39 is 0 Å². The maximum atomic E-state index is 4.57. The maximum absolute atomic E-state index is 4.57. The minimum atomic E-state index is 0.542. The number of imidazole rings is 1. The summed E-state index contributed by atoms with van der Waals surface area (Å²) in [5.41, 5.74) is 6.40. The molecule has 2 aromatic rings. The number of nitrogens with zero attached hydrogens (tertiary/aromatic N) is 1. The van der Waals surface area contributed by atoms with Crippen molar-refractivity contribution in [2.45, 2.75) is 33.1 Å². The second-order valence-electron chi connectivity index (χ2n) is 5.62. The molecule has 0 spiro atoms. The van der Waals surface area contributed by atoms with Gasteiger partial charge in [-0.15, -0.1) is 0 Å². The molecular formula is C16H21N3. The zero-order chi connectivity index (χ0) is 13.4. The standard InChI is InChI=1S/C16H21N3/c1-10-6-12(3)14(7-11(10)2)15-9-18-16(19-15)13-4-5-17-8-13/h6-7,9,13,17H,4-5,8H2,1-3H3,(H,18,19). The van der Waals surface area contributed by atoms with Crippen molar-refractivity contribution in [2.75, 3.05) is 13.1 Å². The molecule has 1 unspecified atom stereocenters. The minimum absolute atomic E-state index is 0.542. The minimum Gasteiger partial charge on any atom is -0.342 e. The highest BCUT2D eigenvalue weighted by Gasteiger charge is 2.20. The summed E-state index contributed by atoms with van der Waals surface area (Å²) >= 11 is 0. The van der Waals surface area contributed by atoms with Crippen LogP contribution in [0, 0.1) is 20.8 Å². The van der Waals surface area contributed by atoms with Crippen LogP contribution in [-0.4, -0.2) is 23.1 Å². The van der Waals surface area contributed by atoms with Gasteiger partial charge >= 0.3 is 0 Å². The summed E-state index contributed by atoms with van der Waals surface area (Å²) in [5, 5.41) is 3.39. The summed E-state index contributed by atoms with van der Waals surface area (Å²) in [6.07, 6.45) is 3.16. The molecule has 3 rings (SSSR count). The van der Waals surface area contributed by atoms with Gasteiger partial charge in [-0.25, -0.2) is 4.98 Å². The van der Waals surface area contributed by atoms with Gasteiger partial charge in [0.15, 0.2) is 0 Å². The lowest BCUT2D eigenvalue weighted by Gasteiger charge is -2.08. The van der Waals surface area contributed by atoms with Crippen molar-refractivity contribution in [3.63, 3.8) is 0 Å². The van der Waals surface area contributed by atoms with E-state index in [1.807, 2.05) is 6.20 Å². The largest absolute Gasteiger partial charge is 0.342 e. The lowest BCUT2D eigenvalue weighted by Crippen LogP contribution is -2.08. The van der Waals surface area contributed by atoms with Gasteiger partial charge in [-0.3, -0.25) is 0 Å². The Morgan fingerprint density at radius 1 is 1.11 bits per heavy atom. The summed E-state index contributed by atoms with van der Waals surface area (Å²) in [5.74, 6) is 1.67. The highest BCUT2D eigenvalue weighted by molar-refractivity contribution is 5.65. The van der Waals surface area contributed by atoms with Crippen LogP contribution in [-0.2, 0) is 0 Å². The van der Waals surface area contributed by atoms with E-state index in [4.69, 9.17) is 0 Å². The van der Waals surface area contributed by atoms with E-state index in [9.17, 15) is 0 Å². The van der Waals surface area contributed by atoms with Crippen LogP contribution in [0.3, 0.4) is 0 Å². The Kier molecular flexibility index (Phi) is 3.15. The van der Waals surface area contributed by atoms with Gasteiger partial charge in [0, 0.05) is 18.0 Å². The number of hydrogen-bond donors (Lipinski definition) is 2. The summed E-state index contributed by atoms with van der Waals surface area (Å²) in [6.45, 7) is 8.63. The molecule has 100 valence electrons. The fraction of sp³-hybridized carbons (Fsp3) is 0.438. The molecule has 0 aliphatic carbocycles. The van der Waals surface area contributed by atoms with Gasteiger partial charge in [0.2, 0.25) is 0 Å². The number of hydrogen-bond acceptors (Lipinski definition) is 2. The Balaban J connectivity index is 1.96. The van der Waals surface area contributed by atoms with E-state index in [2.05, 4.69) is 48.2 Å². The first-order valence-corrected chi connectivity index (χ1v) is 6.99. The van der Waals surface area contributed by atoms with Gasteiger partial charge < -0.3 is 10.3 Å². The second-order valence-corrected chi connectivity index (χ2v) is 5.62. The molecule has 1 aromatic carbocycles. The van der Waals surface area contributed by atoms with E-state index in [1.54, 1.807) is 0 Å². The third-order valence-corrected chi connectivity index (χ3v) is 4.17. The fourth-order valence-electron chi connectivity index (χ4n) is 2.82. The van der Waals surface area contributed by atoms with Crippen LogP contribution in [0.25, 0.3) is 11.3 Å². The zero-order valence-electron chi connectivity index (χ0n) is 11.9. The maximum Gasteiger partial charge on any atom is 0.110 e. The van der Waals surface area contributed by atoms with E-state index in [0.29, 0.717) is 5.92 Å². The number of benzene rings is 1. The van der Waals surface area contributed by atoms with Crippen molar-refractivity contribution in [3.05, 3.63) is 40.8 Å². The predicted molar refractivity (Wildman–Crippen MR) is 78.5 cm³/mol. The van der Waals surface area contributed by atoms with Crippen molar-refractivity contribution in [1.29, 1.82) is 0 Å². The molecule has 0 saturated carbocycles. The first-order chi connectivity index (χ1) is 9.15. The first kappa shape index (κ1) is 12.4. The number of aryl methyl sites for hydroxylation is 3. The molecule has 2 heterocycles. The molecule has 1 saturated heterocycles. The second kappa shape index (κ2) is 4.82. The Hall–Kier alpha value is -1.61. The monoisotopic (exact) mass is 255 g/mol. The van der Waals surface area contributed by atoms with Gasteiger partial charge in [-0.1, -0.05) is 6.07 Å². The Morgan fingerprint density at radius 3 is 2.63 bits per heavy atom. The molecule has 1 atom stereocenters. The molecule has 1 aliphatic rings. The molecule has 0 radical (unpaired) electrons. The molecule has 0 amide bonds. The van der Waals surface area contributed by atoms with Gasteiger partial charge in [0.1, 0.15) is 5.82 Å². The molecule has 3 heteroatoms. The number of rotatable bonds is 2. The predicted octanol–water partition coefficient (Wildman–Crippen LogP) is 3.08. The quantitative estimate of drug-likeness (QED) is 0.866. The van der Waals surface area contributed by atoms with Crippen LogP contribution >= 0.6 is 0 Å². The Labute approximate surface area is 114 Å². The Bertz CT molecular complexity index is 592. The first-order valence-electron chi connectivity index (χ1n) is 6.99. The van der Waals surface area contributed by atoms with Gasteiger partial charge in [0.05, 0.1) is 11.9 Å². The van der Waals surface area contributed by atoms with Gasteiger partial charge in [-0.05, 0) is 56.5 Å². The van der Waals surface area contributed by atoms with Crippen molar-refractivity contribution in [2.24, 2.45) is 0 Å². The average molecular weight is 255 g/mol. The van der Waals surface area contributed by atoms with Crippen LogP contribution in [0.2, 0.25) is 0 Å². The molecule has 2 N–H and O–H groups in total. The smallest absolute Gasteiger partial charge is 0.110 e. The van der Waals surface area contributed by atoms with Crippen LogP contribution < -0.4 is 5.32 Å². The SMILES string of the molecule is Cc1cc(C)c(-c2cnc(C3CCNC3)[nH]2)cc1C.